The molecule has 9 heavy (non-hydrogen) atoms. The van der Waals surface area contributed by atoms with Crippen LogP contribution in [0, 0.1) is 0 Å². The van der Waals surface area contributed by atoms with Crippen molar-refractivity contribution in [3.05, 3.63) is 0 Å². The molecule has 3 heteroatoms. The van der Waals surface area contributed by atoms with Crippen molar-refractivity contribution in [2.75, 3.05) is 0 Å². The molecule has 0 aromatic carbocycles. The fourth-order valence-electron chi connectivity index (χ4n) is 0.475. The molecule has 0 rings (SSSR count). The lowest BCUT2D eigenvalue weighted by atomic mass is 10.2. The molecule has 1 unspecified atom stereocenters. The van der Waals surface area contributed by atoms with Gasteiger partial charge < -0.3 is 4.79 Å². The van der Waals surface area contributed by atoms with Gasteiger partial charge in [-0.3, -0.25) is 5.14 Å². The maximum Gasteiger partial charge on any atom is 0.129 e. The molecule has 0 radical (unpaired) electrons. The van der Waals surface area contributed by atoms with Crippen LogP contribution < -0.4 is 5.14 Å². The highest BCUT2D eigenvalue weighted by Gasteiger charge is 2.00. The first kappa shape index (κ1) is 8.98. The Morgan fingerprint density at radius 1 is 1.78 bits per heavy atom. The van der Waals surface area contributed by atoms with E-state index >= 15 is 0 Å². The van der Waals surface area contributed by atoms with Gasteiger partial charge in [-0.2, -0.15) is 0 Å². The van der Waals surface area contributed by atoms with Crippen LogP contribution >= 0.6 is 11.9 Å². The average molecular weight is 147 g/mol. The van der Waals surface area contributed by atoms with Gasteiger partial charge >= 0.3 is 0 Å². The van der Waals surface area contributed by atoms with Crippen molar-refractivity contribution in [2.45, 2.75) is 31.9 Å². The second-order valence-electron chi connectivity index (χ2n) is 2.19. The van der Waals surface area contributed by atoms with Crippen molar-refractivity contribution >= 4 is 17.7 Å². The molecule has 0 saturated carbocycles. The lowest BCUT2D eigenvalue weighted by Gasteiger charge is -2.03. The zero-order valence-electron chi connectivity index (χ0n) is 5.89. The molecule has 0 aliphatic carbocycles. The molecule has 0 aromatic heterocycles. The summed E-state index contributed by atoms with van der Waals surface area (Å²) in [6.45, 7) is 3.63. The third-order valence-electron chi connectivity index (χ3n) is 1.14. The van der Waals surface area contributed by atoms with E-state index in [2.05, 4.69) is 0 Å². The van der Waals surface area contributed by atoms with Crippen molar-refractivity contribution in [1.29, 1.82) is 0 Å². The second-order valence-corrected chi connectivity index (χ2v) is 3.26. The monoisotopic (exact) mass is 147 g/mol. The molecule has 0 spiro atoms. The van der Waals surface area contributed by atoms with Crippen LogP contribution in [0.3, 0.4) is 0 Å². The largest absolute Gasteiger partial charge is 0.300 e. The van der Waals surface area contributed by atoms with Gasteiger partial charge in [0, 0.05) is 11.7 Å². The summed E-state index contributed by atoms with van der Waals surface area (Å²) in [4.78, 5) is 10.4. The fraction of sp³-hybridized carbons (Fsp3) is 0.833. The minimum atomic E-state index is 0.246. The Morgan fingerprint density at radius 2 is 2.33 bits per heavy atom. The Morgan fingerprint density at radius 3 is 2.67 bits per heavy atom. The highest BCUT2D eigenvalue weighted by Crippen LogP contribution is 2.08. The molecule has 0 bridgehead atoms. The number of rotatable bonds is 4. The van der Waals surface area contributed by atoms with Gasteiger partial charge in [0.25, 0.3) is 0 Å². The highest BCUT2D eigenvalue weighted by molar-refractivity contribution is 7.97. The minimum absolute atomic E-state index is 0.246. The zero-order valence-corrected chi connectivity index (χ0v) is 6.70. The normalized spacial score (nSPS) is 13.2. The number of carbonyl (C=O) groups is 1. The summed E-state index contributed by atoms with van der Waals surface area (Å²) in [5, 5.41) is 5.67. The van der Waals surface area contributed by atoms with Crippen LogP contribution in [0.5, 0.6) is 0 Å². The van der Waals surface area contributed by atoms with Gasteiger partial charge in [0.2, 0.25) is 0 Å². The van der Waals surface area contributed by atoms with Gasteiger partial charge in [-0.1, -0.05) is 18.9 Å². The summed E-state index contributed by atoms with van der Waals surface area (Å²) in [5.74, 6) is 0.246. The summed E-state index contributed by atoms with van der Waals surface area (Å²) in [7, 11) is 0. The number of ketones is 1. The molecule has 1 atom stereocenters. The lowest BCUT2D eigenvalue weighted by molar-refractivity contribution is -0.117. The van der Waals surface area contributed by atoms with Gasteiger partial charge in [-0.15, -0.1) is 0 Å². The Kier molecular flexibility index (Phi) is 4.81. The summed E-state index contributed by atoms with van der Waals surface area (Å²) in [5.41, 5.74) is 0. The quantitative estimate of drug-likeness (QED) is 0.610. The number of carbonyl (C=O) groups excluding carboxylic acids is 1. The summed E-state index contributed by atoms with van der Waals surface area (Å²) < 4.78 is 0. The van der Waals surface area contributed by atoms with Gasteiger partial charge in [0.1, 0.15) is 5.78 Å². The van der Waals surface area contributed by atoms with E-state index in [0.717, 1.165) is 6.42 Å². The topological polar surface area (TPSA) is 43.1 Å². The molecule has 2 N–H and O–H groups in total. The van der Waals surface area contributed by atoms with Crippen molar-refractivity contribution in [1.82, 2.24) is 0 Å². The first-order chi connectivity index (χ1) is 4.16. The number of Topliss-reactive ketones (excluding diaryl/α,β-unsaturated/α-hetero) is 1. The number of hydrogen-bond acceptors (Lipinski definition) is 3. The second kappa shape index (κ2) is 4.82. The van der Waals surface area contributed by atoms with Crippen molar-refractivity contribution < 1.29 is 4.79 Å². The SMILES string of the molecule is CC(=O)CCC(C)SN. The van der Waals surface area contributed by atoms with Crippen LogP contribution in [0.4, 0.5) is 0 Å². The van der Waals surface area contributed by atoms with Gasteiger partial charge in [0.05, 0.1) is 0 Å². The maximum atomic E-state index is 10.4. The van der Waals surface area contributed by atoms with Gasteiger partial charge in [-0.05, 0) is 13.3 Å². The molecular weight excluding hydrogens is 134 g/mol. The third kappa shape index (κ3) is 5.86. The van der Waals surface area contributed by atoms with Crippen LogP contribution in [0.15, 0.2) is 0 Å². The van der Waals surface area contributed by atoms with Crippen LogP contribution in [-0.4, -0.2) is 11.0 Å². The van der Waals surface area contributed by atoms with Crippen LogP contribution in [-0.2, 0) is 4.79 Å². The molecule has 0 fully saturated rings. The van der Waals surface area contributed by atoms with Crippen LogP contribution in [0.1, 0.15) is 26.7 Å². The summed E-state index contributed by atoms with van der Waals surface area (Å²) >= 11 is 1.31. The lowest BCUT2D eigenvalue weighted by Crippen LogP contribution is -2.02. The summed E-state index contributed by atoms with van der Waals surface area (Å²) in [6.07, 6.45) is 1.56. The first-order valence-corrected chi connectivity index (χ1v) is 3.96. The van der Waals surface area contributed by atoms with E-state index in [1.54, 1.807) is 6.92 Å². The fourth-order valence-corrected chi connectivity index (χ4v) is 0.729. The van der Waals surface area contributed by atoms with E-state index in [1.807, 2.05) is 6.92 Å². The number of nitrogens with two attached hydrogens (primary N) is 1. The molecule has 0 amide bonds. The Bertz CT molecular complexity index is 95.1. The Balaban J connectivity index is 3.16. The molecule has 54 valence electrons. The minimum Gasteiger partial charge on any atom is -0.300 e. The Labute approximate surface area is 60.3 Å². The predicted molar refractivity (Wildman–Crippen MR) is 41.2 cm³/mol. The number of hydrogen-bond donors (Lipinski definition) is 1. The van der Waals surface area contributed by atoms with E-state index < -0.39 is 0 Å². The summed E-state index contributed by atoms with van der Waals surface area (Å²) in [6, 6.07) is 0. The molecule has 0 aromatic rings. The van der Waals surface area contributed by atoms with E-state index in [9.17, 15) is 4.79 Å². The van der Waals surface area contributed by atoms with E-state index in [1.165, 1.54) is 11.9 Å². The Hall–Kier alpha value is -0.0200. The zero-order chi connectivity index (χ0) is 7.28. The third-order valence-corrected chi connectivity index (χ3v) is 1.84. The van der Waals surface area contributed by atoms with Crippen molar-refractivity contribution in [3.63, 3.8) is 0 Å². The van der Waals surface area contributed by atoms with Gasteiger partial charge in [0.15, 0.2) is 0 Å². The predicted octanol–water partition coefficient (Wildman–Crippen LogP) is 1.35. The average Bonchev–Trinajstić information content (AvgIpc) is 1.83. The molecule has 0 aliphatic rings. The maximum absolute atomic E-state index is 10.4. The standard InChI is InChI=1S/C6H13NOS/c1-5(8)3-4-6(2)9-7/h6H,3-4,7H2,1-2H3. The molecule has 2 nitrogen and oxygen atoms in total. The smallest absolute Gasteiger partial charge is 0.129 e. The molecule has 0 heterocycles. The van der Waals surface area contributed by atoms with E-state index in [-0.39, 0.29) is 5.78 Å². The van der Waals surface area contributed by atoms with Crippen molar-refractivity contribution in [2.24, 2.45) is 5.14 Å². The van der Waals surface area contributed by atoms with Crippen molar-refractivity contribution in [3.8, 4) is 0 Å². The first-order valence-electron chi connectivity index (χ1n) is 3.01. The van der Waals surface area contributed by atoms with Crippen LogP contribution in [0.2, 0.25) is 0 Å². The molecule has 0 aliphatic heterocycles. The molecular formula is C6H13NOS. The van der Waals surface area contributed by atoms with E-state index in [0.29, 0.717) is 11.7 Å². The van der Waals surface area contributed by atoms with Gasteiger partial charge in [-0.25, -0.2) is 0 Å². The van der Waals surface area contributed by atoms with E-state index in [4.69, 9.17) is 5.14 Å². The highest BCUT2D eigenvalue weighted by atomic mass is 32.2. The van der Waals surface area contributed by atoms with Crippen LogP contribution in [0.25, 0.3) is 0 Å². The molecule has 0 saturated heterocycles.